The standard InChI is InChI=1S/C14H14Cl2N4/c1-2-11-9-3-4-17-7-12(9)20-14(19-11)13-10(16)5-8(15)6-18-13/h5-6,17H,2-4,7H2,1H3. The van der Waals surface area contributed by atoms with Crippen LogP contribution in [-0.2, 0) is 19.4 Å². The smallest absolute Gasteiger partial charge is 0.180 e. The molecule has 0 radical (unpaired) electrons. The zero-order chi connectivity index (χ0) is 14.1. The molecule has 2 aromatic rings. The van der Waals surface area contributed by atoms with Gasteiger partial charge in [0.05, 0.1) is 15.7 Å². The summed E-state index contributed by atoms with van der Waals surface area (Å²) in [7, 11) is 0. The van der Waals surface area contributed by atoms with Crippen molar-refractivity contribution in [2.75, 3.05) is 6.54 Å². The Morgan fingerprint density at radius 1 is 1.30 bits per heavy atom. The molecule has 3 heterocycles. The molecule has 0 atom stereocenters. The summed E-state index contributed by atoms with van der Waals surface area (Å²) in [6.07, 6.45) is 3.42. The molecule has 0 amide bonds. The van der Waals surface area contributed by atoms with Gasteiger partial charge in [-0.05, 0) is 31.0 Å². The van der Waals surface area contributed by atoms with Gasteiger partial charge in [-0.1, -0.05) is 30.1 Å². The average molecular weight is 309 g/mol. The Morgan fingerprint density at radius 2 is 2.15 bits per heavy atom. The molecule has 0 fully saturated rings. The van der Waals surface area contributed by atoms with E-state index < -0.39 is 0 Å². The van der Waals surface area contributed by atoms with Crippen LogP contribution in [0.25, 0.3) is 11.5 Å². The second-order valence-corrected chi connectivity index (χ2v) is 5.53. The Bertz CT molecular complexity index is 641. The number of pyridine rings is 1. The zero-order valence-corrected chi connectivity index (χ0v) is 12.6. The molecule has 104 valence electrons. The van der Waals surface area contributed by atoms with E-state index in [1.807, 2.05) is 0 Å². The molecule has 1 aliphatic heterocycles. The minimum atomic E-state index is 0.475. The van der Waals surface area contributed by atoms with Crippen LogP contribution in [0, 0.1) is 0 Å². The number of rotatable bonds is 2. The Hall–Kier alpha value is -1.23. The summed E-state index contributed by atoms with van der Waals surface area (Å²) in [6, 6.07) is 1.66. The maximum absolute atomic E-state index is 6.20. The number of hydrogen-bond acceptors (Lipinski definition) is 4. The fourth-order valence-corrected chi connectivity index (χ4v) is 2.88. The number of nitrogens with one attached hydrogen (secondary N) is 1. The van der Waals surface area contributed by atoms with Crippen molar-refractivity contribution in [3.8, 4) is 11.5 Å². The van der Waals surface area contributed by atoms with Crippen molar-refractivity contribution < 1.29 is 0 Å². The fraction of sp³-hybridized carbons (Fsp3) is 0.357. The molecular weight excluding hydrogens is 295 g/mol. The maximum atomic E-state index is 6.20. The van der Waals surface area contributed by atoms with Gasteiger partial charge in [0.2, 0.25) is 0 Å². The molecule has 3 rings (SSSR count). The second kappa shape index (κ2) is 5.64. The summed E-state index contributed by atoms with van der Waals surface area (Å²) in [4.78, 5) is 13.5. The first-order chi connectivity index (χ1) is 9.69. The molecule has 0 spiro atoms. The van der Waals surface area contributed by atoms with E-state index in [0.717, 1.165) is 37.3 Å². The van der Waals surface area contributed by atoms with Crippen LogP contribution >= 0.6 is 23.2 Å². The Balaban J connectivity index is 2.14. The fourth-order valence-electron chi connectivity index (χ4n) is 2.41. The lowest BCUT2D eigenvalue weighted by Crippen LogP contribution is -2.26. The number of nitrogens with zero attached hydrogens (tertiary/aromatic N) is 3. The van der Waals surface area contributed by atoms with E-state index in [9.17, 15) is 0 Å². The van der Waals surface area contributed by atoms with Crippen molar-refractivity contribution in [3.63, 3.8) is 0 Å². The van der Waals surface area contributed by atoms with Gasteiger partial charge in [0, 0.05) is 18.4 Å². The zero-order valence-electron chi connectivity index (χ0n) is 11.1. The third-order valence-corrected chi connectivity index (χ3v) is 3.87. The lowest BCUT2D eigenvalue weighted by molar-refractivity contribution is 0.617. The number of halogens is 2. The highest BCUT2D eigenvalue weighted by molar-refractivity contribution is 6.35. The highest BCUT2D eigenvalue weighted by Gasteiger charge is 2.18. The molecule has 0 saturated carbocycles. The predicted molar refractivity (Wildman–Crippen MR) is 80.1 cm³/mol. The third-order valence-electron chi connectivity index (χ3n) is 3.38. The van der Waals surface area contributed by atoms with Crippen molar-refractivity contribution in [2.24, 2.45) is 0 Å². The van der Waals surface area contributed by atoms with Crippen LogP contribution in [0.4, 0.5) is 0 Å². The van der Waals surface area contributed by atoms with Gasteiger partial charge in [0.25, 0.3) is 0 Å². The Morgan fingerprint density at radius 3 is 2.90 bits per heavy atom. The number of aromatic nitrogens is 3. The highest BCUT2D eigenvalue weighted by atomic mass is 35.5. The van der Waals surface area contributed by atoms with Crippen molar-refractivity contribution in [1.29, 1.82) is 0 Å². The van der Waals surface area contributed by atoms with Crippen LogP contribution in [-0.4, -0.2) is 21.5 Å². The number of fused-ring (bicyclic) bond motifs is 1. The van der Waals surface area contributed by atoms with E-state index in [2.05, 4.69) is 27.2 Å². The first-order valence-electron chi connectivity index (χ1n) is 6.60. The van der Waals surface area contributed by atoms with Crippen molar-refractivity contribution in [3.05, 3.63) is 39.3 Å². The van der Waals surface area contributed by atoms with E-state index in [4.69, 9.17) is 23.2 Å². The second-order valence-electron chi connectivity index (χ2n) is 4.68. The van der Waals surface area contributed by atoms with E-state index in [0.29, 0.717) is 21.6 Å². The van der Waals surface area contributed by atoms with Gasteiger partial charge in [-0.3, -0.25) is 0 Å². The molecule has 0 bridgehead atoms. The van der Waals surface area contributed by atoms with Crippen LogP contribution in [0.3, 0.4) is 0 Å². The van der Waals surface area contributed by atoms with Gasteiger partial charge in [0.1, 0.15) is 5.69 Å². The van der Waals surface area contributed by atoms with Crippen LogP contribution in [0.2, 0.25) is 10.0 Å². The SMILES string of the molecule is CCc1nc(-c2ncc(Cl)cc2Cl)nc2c1CCNC2. The third kappa shape index (κ3) is 2.51. The highest BCUT2D eigenvalue weighted by Crippen LogP contribution is 2.27. The minimum absolute atomic E-state index is 0.475. The molecule has 1 aliphatic rings. The average Bonchev–Trinajstić information content (AvgIpc) is 2.46. The summed E-state index contributed by atoms with van der Waals surface area (Å²) in [5.74, 6) is 0.575. The molecule has 1 N–H and O–H groups in total. The van der Waals surface area contributed by atoms with E-state index in [1.165, 1.54) is 5.56 Å². The van der Waals surface area contributed by atoms with Gasteiger partial charge >= 0.3 is 0 Å². The molecule has 0 aliphatic carbocycles. The van der Waals surface area contributed by atoms with Crippen molar-refractivity contribution in [2.45, 2.75) is 26.3 Å². The van der Waals surface area contributed by atoms with E-state index in [1.54, 1.807) is 12.3 Å². The van der Waals surface area contributed by atoms with Gasteiger partial charge in [-0.15, -0.1) is 0 Å². The monoisotopic (exact) mass is 308 g/mol. The molecule has 2 aromatic heterocycles. The summed E-state index contributed by atoms with van der Waals surface area (Å²) >= 11 is 12.1. The summed E-state index contributed by atoms with van der Waals surface area (Å²) in [5, 5.41) is 4.31. The van der Waals surface area contributed by atoms with Gasteiger partial charge < -0.3 is 5.32 Å². The lowest BCUT2D eigenvalue weighted by atomic mass is 10.0. The maximum Gasteiger partial charge on any atom is 0.180 e. The molecule has 0 saturated heterocycles. The van der Waals surface area contributed by atoms with E-state index in [-0.39, 0.29) is 0 Å². The van der Waals surface area contributed by atoms with Gasteiger partial charge in [-0.25, -0.2) is 15.0 Å². The first kappa shape index (κ1) is 13.7. The largest absolute Gasteiger partial charge is 0.311 e. The van der Waals surface area contributed by atoms with Gasteiger partial charge in [-0.2, -0.15) is 0 Å². The van der Waals surface area contributed by atoms with Crippen molar-refractivity contribution >= 4 is 23.2 Å². The quantitative estimate of drug-likeness (QED) is 0.926. The number of aryl methyl sites for hydroxylation is 1. The number of hydrogen-bond donors (Lipinski definition) is 1. The summed E-state index contributed by atoms with van der Waals surface area (Å²) in [5.41, 5.74) is 3.98. The van der Waals surface area contributed by atoms with Crippen LogP contribution in [0.1, 0.15) is 23.9 Å². The van der Waals surface area contributed by atoms with Crippen LogP contribution in [0.15, 0.2) is 12.3 Å². The summed E-state index contributed by atoms with van der Waals surface area (Å²) in [6.45, 7) is 3.84. The van der Waals surface area contributed by atoms with Gasteiger partial charge in [0.15, 0.2) is 5.82 Å². The summed E-state index contributed by atoms with van der Waals surface area (Å²) < 4.78 is 0. The predicted octanol–water partition coefficient (Wildman–Crippen LogP) is 3.05. The molecule has 0 unspecified atom stereocenters. The molecule has 20 heavy (non-hydrogen) atoms. The molecular formula is C14H14Cl2N4. The minimum Gasteiger partial charge on any atom is -0.311 e. The Kier molecular flexibility index (Phi) is 3.87. The molecule has 6 heteroatoms. The Labute approximate surface area is 127 Å². The van der Waals surface area contributed by atoms with Crippen molar-refractivity contribution in [1.82, 2.24) is 20.3 Å². The van der Waals surface area contributed by atoms with Crippen LogP contribution in [0.5, 0.6) is 0 Å². The van der Waals surface area contributed by atoms with E-state index >= 15 is 0 Å². The lowest BCUT2D eigenvalue weighted by Gasteiger charge is -2.19. The normalized spacial score (nSPS) is 14.2. The topological polar surface area (TPSA) is 50.7 Å². The van der Waals surface area contributed by atoms with Crippen LogP contribution < -0.4 is 5.32 Å². The first-order valence-corrected chi connectivity index (χ1v) is 7.35. The molecule has 0 aromatic carbocycles. The molecule has 4 nitrogen and oxygen atoms in total.